The Morgan fingerprint density at radius 1 is 1.31 bits per heavy atom. The van der Waals surface area contributed by atoms with Gasteiger partial charge in [-0.15, -0.1) is 0 Å². The Hall–Kier alpha value is -0.260. The van der Waals surface area contributed by atoms with E-state index in [-0.39, 0.29) is 0 Å². The van der Waals surface area contributed by atoms with E-state index in [1.54, 1.807) is 0 Å². The van der Waals surface area contributed by atoms with Gasteiger partial charge in [0.05, 0.1) is 0 Å². The van der Waals surface area contributed by atoms with Gasteiger partial charge in [-0.25, -0.2) is 0 Å². The molecule has 0 aliphatic heterocycles. The summed E-state index contributed by atoms with van der Waals surface area (Å²) in [6.07, 6.45) is 8.15. The normalized spacial score (nSPS) is 19.3. The Morgan fingerprint density at radius 3 is 2.31 bits per heavy atom. The minimum absolute atomic E-state index is 0.472. The molecule has 1 aliphatic rings. The van der Waals surface area contributed by atoms with Gasteiger partial charge in [-0.1, -0.05) is 52.2 Å². The first kappa shape index (κ1) is 10.8. The van der Waals surface area contributed by atoms with Crippen LogP contribution in [-0.2, 0) is 0 Å². The lowest BCUT2D eigenvalue weighted by molar-refractivity contribution is 0.334. The third-order valence-corrected chi connectivity index (χ3v) is 3.60. The van der Waals surface area contributed by atoms with Gasteiger partial charge in [-0.3, -0.25) is 0 Å². The molecule has 76 valence electrons. The van der Waals surface area contributed by atoms with Crippen LogP contribution in [0.1, 0.15) is 59.3 Å². The second-order valence-corrected chi connectivity index (χ2v) is 5.33. The Morgan fingerprint density at radius 2 is 1.85 bits per heavy atom. The van der Waals surface area contributed by atoms with Crippen LogP contribution in [0.2, 0.25) is 0 Å². The summed E-state index contributed by atoms with van der Waals surface area (Å²) < 4.78 is 0. The quantitative estimate of drug-likeness (QED) is 0.556. The van der Waals surface area contributed by atoms with Crippen molar-refractivity contribution < 1.29 is 0 Å². The van der Waals surface area contributed by atoms with E-state index in [0.29, 0.717) is 5.41 Å². The van der Waals surface area contributed by atoms with Crippen molar-refractivity contribution in [2.75, 3.05) is 0 Å². The van der Waals surface area contributed by atoms with E-state index in [0.717, 1.165) is 5.92 Å². The van der Waals surface area contributed by atoms with Crippen LogP contribution in [0.5, 0.6) is 0 Å². The molecule has 0 heterocycles. The Labute approximate surface area is 83.4 Å². The fraction of sp³-hybridized carbons (Fsp3) is 0.846. The highest BCUT2D eigenvalue weighted by Crippen LogP contribution is 2.37. The van der Waals surface area contributed by atoms with Crippen LogP contribution in [0.4, 0.5) is 0 Å². The second kappa shape index (κ2) is 4.30. The highest BCUT2D eigenvalue weighted by atomic mass is 14.3. The second-order valence-electron chi connectivity index (χ2n) is 5.33. The van der Waals surface area contributed by atoms with Gasteiger partial charge in [-0.2, -0.15) is 0 Å². The average molecular weight is 180 g/mol. The van der Waals surface area contributed by atoms with Crippen molar-refractivity contribution in [2.45, 2.75) is 59.3 Å². The lowest BCUT2D eigenvalue weighted by Gasteiger charge is -2.26. The van der Waals surface area contributed by atoms with Crippen molar-refractivity contribution in [3.05, 3.63) is 12.2 Å². The molecule has 1 fully saturated rings. The van der Waals surface area contributed by atoms with Crippen molar-refractivity contribution in [3.63, 3.8) is 0 Å². The predicted molar refractivity (Wildman–Crippen MR) is 59.8 cm³/mol. The molecule has 0 heteroatoms. The molecule has 0 unspecified atom stereocenters. The minimum atomic E-state index is 0.472. The smallest absolute Gasteiger partial charge is 0.0206 e. The van der Waals surface area contributed by atoms with Gasteiger partial charge in [0.1, 0.15) is 0 Å². The van der Waals surface area contributed by atoms with Crippen molar-refractivity contribution in [2.24, 2.45) is 11.3 Å². The van der Waals surface area contributed by atoms with Gasteiger partial charge in [-0.05, 0) is 30.6 Å². The van der Waals surface area contributed by atoms with Crippen molar-refractivity contribution in [1.82, 2.24) is 0 Å². The third kappa shape index (κ3) is 3.17. The highest BCUT2D eigenvalue weighted by Gasteiger charge is 2.23. The number of hydrogen-bond donors (Lipinski definition) is 0. The third-order valence-electron chi connectivity index (χ3n) is 3.60. The van der Waals surface area contributed by atoms with Crippen LogP contribution in [-0.4, -0.2) is 0 Å². The first-order chi connectivity index (χ1) is 6.05. The molecule has 0 atom stereocenters. The molecular weight excluding hydrogens is 156 g/mol. The van der Waals surface area contributed by atoms with Crippen LogP contribution in [0.3, 0.4) is 0 Å². The van der Waals surface area contributed by atoms with E-state index in [2.05, 4.69) is 27.4 Å². The first-order valence-electron chi connectivity index (χ1n) is 5.73. The maximum absolute atomic E-state index is 4.27. The first-order valence-corrected chi connectivity index (χ1v) is 5.73. The van der Waals surface area contributed by atoms with E-state index >= 15 is 0 Å². The van der Waals surface area contributed by atoms with E-state index in [9.17, 15) is 0 Å². The standard InChI is InChI=1S/C13H24/c1-5-13(3,4)10-11(2)12-8-6-7-9-12/h12H,2,5-10H2,1,3-4H3. The van der Waals surface area contributed by atoms with Crippen molar-refractivity contribution in [1.29, 1.82) is 0 Å². The average Bonchev–Trinajstić information content (AvgIpc) is 2.55. The molecule has 0 aromatic rings. The summed E-state index contributed by atoms with van der Waals surface area (Å²) in [5.74, 6) is 0.853. The summed E-state index contributed by atoms with van der Waals surface area (Å²) in [5.41, 5.74) is 1.99. The molecule has 0 aromatic carbocycles. The largest absolute Gasteiger partial charge is 0.0996 e. The molecular formula is C13H24. The van der Waals surface area contributed by atoms with Crippen LogP contribution < -0.4 is 0 Å². The van der Waals surface area contributed by atoms with Crippen molar-refractivity contribution in [3.8, 4) is 0 Å². The van der Waals surface area contributed by atoms with E-state index < -0.39 is 0 Å². The molecule has 1 aliphatic carbocycles. The maximum Gasteiger partial charge on any atom is -0.0206 e. The maximum atomic E-state index is 4.27. The molecule has 13 heavy (non-hydrogen) atoms. The lowest BCUT2D eigenvalue weighted by atomic mass is 9.80. The van der Waals surface area contributed by atoms with Crippen LogP contribution in [0, 0.1) is 11.3 Å². The Bertz CT molecular complexity index is 170. The molecule has 0 amide bonds. The van der Waals surface area contributed by atoms with Crippen LogP contribution in [0.25, 0.3) is 0 Å². The summed E-state index contributed by atoms with van der Waals surface area (Å²) in [4.78, 5) is 0. The molecule has 0 spiro atoms. The summed E-state index contributed by atoms with van der Waals surface area (Å²) in [6.45, 7) is 11.3. The fourth-order valence-corrected chi connectivity index (χ4v) is 2.22. The number of allylic oxidation sites excluding steroid dienone is 1. The van der Waals surface area contributed by atoms with Crippen LogP contribution in [0.15, 0.2) is 12.2 Å². The Balaban J connectivity index is 2.40. The molecule has 0 bridgehead atoms. The monoisotopic (exact) mass is 180 g/mol. The number of rotatable bonds is 4. The van der Waals surface area contributed by atoms with Gasteiger partial charge in [0.25, 0.3) is 0 Å². The molecule has 0 aromatic heterocycles. The van der Waals surface area contributed by atoms with Crippen LogP contribution >= 0.6 is 0 Å². The molecule has 1 rings (SSSR count). The summed E-state index contributed by atoms with van der Waals surface area (Å²) in [7, 11) is 0. The summed E-state index contributed by atoms with van der Waals surface area (Å²) >= 11 is 0. The SMILES string of the molecule is C=C(CC(C)(C)CC)C1CCCC1. The van der Waals surface area contributed by atoms with Gasteiger partial charge >= 0.3 is 0 Å². The molecule has 0 radical (unpaired) electrons. The highest BCUT2D eigenvalue weighted by molar-refractivity contribution is 5.05. The van der Waals surface area contributed by atoms with E-state index in [4.69, 9.17) is 0 Å². The molecule has 0 saturated heterocycles. The zero-order valence-electron chi connectivity index (χ0n) is 9.53. The fourth-order valence-electron chi connectivity index (χ4n) is 2.22. The van der Waals surface area contributed by atoms with Gasteiger partial charge < -0.3 is 0 Å². The molecule has 1 saturated carbocycles. The van der Waals surface area contributed by atoms with Crippen molar-refractivity contribution >= 4 is 0 Å². The topological polar surface area (TPSA) is 0 Å². The summed E-state index contributed by atoms with van der Waals surface area (Å²) in [6, 6.07) is 0. The lowest BCUT2D eigenvalue weighted by Crippen LogP contribution is -2.13. The van der Waals surface area contributed by atoms with Gasteiger partial charge in [0, 0.05) is 0 Å². The summed E-state index contributed by atoms with van der Waals surface area (Å²) in [5, 5.41) is 0. The molecule has 0 nitrogen and oxygen atoms in total. The number of hydrogen-bond acceptors (Lipinski definition) is 0. The Kier molecular flexibility index (Phi) is 3.58. The zero-order valence-corrected chi connectivity index (χ0v) is 9.53. The van der Waals surface area contributed by atoms with E-state index in [1.807, 2.05) is 0 Å². The molecule has 0 N–H and O–H groups in total. The minimum Gasteiger partial charge on any atom is -0.0996 e. The zero-order chi connectivity index (χ0) is 9.90. The van der Waals surface area contributed by atoms with E-state index in [1.165, 1.54) is 44.1 Å². The van der Waals surface area contributed by atoms with Gasteiger partial charge in [0.15, 0.2) is 0 Å². The van der Waals surface area contributed by atoms with Gasteiger partial charge in [0.2, 0.25) is 0 Å². The predicted octanol–water partition coefficient (Wildman–Crippen LogP) is 4.56.